The highest BCUT2D eigenvalue weighted by molar-refractivity contribution is 6.31. The molecule has 7 heteroatoms. The Morgan fingerprint density at radius 1 is 1.06 bits per heavy atom. The van der Waals surface area contributed by atoms with Crippen molar-refractivity contribution in [3.05, 3.63) is 83.1 Å². The molecule has 0 amide bonds. The van der Waals surface area contributed by atoms with Gasteiger partial charge in [0.2, 0.25) is 0 Å². The SMILES string of the molecule is CCCc1ccc2c(Nc3cc(Cl)ccc3Oc3ccc(/C(C)=N/O)cc3)ccnc2n1. The second-order valence-electron chi connectivity index (χ2n) is 7.36. The molecule has 0 aliphatic heterocycles. The van der Waals surface area contributed by atoms with Crippen LogP contribution in [0.4, 0.5) is 11.4 Å². The topological polar surface area (TPSA) is 79.6 Å². The zero-order valence-electron chi connectivity index (χ0n) is 17.8. The normalized spacial score (nSPS) is 11.5. The summed E-state index contributed by atoms with van der Waals surface area (Å²) in [6.07, 6.45) is 3.69. The van der Waals surface area contributed by atoms with Crippen LogP contribution in [0, 0.1) is 0 Å². The summed E-state index contributed by atoms with van der Waals surface area (Å²) in [6, 6.07) is 18.7. The largest absolute Gasteiger partial charge is 0.455 e. The van der Waals surface area contributed by atoms with Crippen LogP contribution in [0.25, 0.3) is 11.0 Å². The predicted molar refractivity (Wildman–Crippen MR) is 129 cm³/mol. The Balaban J connectivity index is 1.64. The van der Waals surface area contributed by atoms with Crippen LogP contribution in [-0.4, -0.2) is 20.9 Å². The minimum atomic E-state index is 0.533. The first kappa shape index (κ1) is 21.6. The number of nitrogens with one attached hydrogen (secondary N) is 1. The van der Waals surface area contributed by atoms with Crippen LogP contribution >= 0.6 is 11.6 Å². The number of hydrogen-bond acceptors (Lipinski definition) is 6. The molecule has 0 atom stereocenters. The van der Waals surface area contributed by atoms with Gasteiger partial charge in [0.25, 0.3) is 0 Å². The highest BCUT2D eigenvalue weighted by atomic mass is 35.5. The lowest BCUT2D eigenvalue weighted by molar-refractivity contribution is 0.319. The fourth-order valence-corrected chi connectivity index (χ4v) is 3.53. The summed E-state index contributed by atoms with van der Waals surface area (Å²) in [5.74, 6) is 1.27. The van der Waals surface area contributed by atoms with E-state index in [2.05, 4.69) is 27.4 Å². The molecule has 4 aromatic rings. The summed E-state index contributed by atoms with van der Waals surface area (Å²) < 4.78 is 6.11. The minimum Gasteiger partial charge on any atom is -0.455 e. The quantitative estimate of drug-likeness (QED) is 0.182. The van der Waals surface area contributed by atoms with E-state index >= 15 is 0 Å². The van der Waals surface area contributed by atoms with Crippen molar-refractivity contribution in [1.82, 2.24) is 9.97 Å². The number of pyridine rings is 2. The second-order valence-corrected chi connectivity index (χ2v) is 7.80. The molecule has 0 bridgehead atoms. The molecule has 0 aliphatic rings. The lowest BCUT2D eigenvalue weighted by Gasteiger charge is -2.15. The Hall–Kier alpha value is -3.64. The molecular weight excluding hydrogens is 424 g/mol. The molecule has 0 unspecified atom stereocenters. The van der Waals surface area contributed by atoms with Crippen molar-refractivity contribution >= 4 is 39.7 Å². The van der Waals surface area contributed by atoms with Gasteiger partial charge < -0.3 is 15.3 Å². The van der Waals surface area contributed by atoms with E-state index in [4.69, 9.17) is 21.5 Å². The van der Waals surface area contributed by atoms with E-state index in [0.29, 0.717) is 27.9 Å². The van der Waals surface area contributed by atoms with Crippen LogP contribution in [0.3, 0.4) is 0 Å². The maximum Gasteiger partial charge on any atom is 0.161 e. The van der Waals surface area contributed by atoms with Crippen LogP contribution in [0.15, 0.2) is 72.0 Å². The Morgan fingerprint density at radius 2 is 1.88 bits per heavy atom. The number of fused-ring (bicyclic) bond motifs is 1. The Morgan fingerprint density at radius 3 is 2.62 bits per heavy atom. The number of aryl methyl sites for hydroxylation is 1. The van der Waals surface area contributed by atoms with Crippen molar-refractivity contribution in [2.24, 2.45) is 5.16 Å². The van der Waals surface area contributed by atoms with Gasteiger partial charge in [0, 0.05) is 22.3 Å². The molecule has 4 rings (SSSR count). The first-order valence-corrected chi connectivity index (χ1v) is 10.7. The molecule has 0 saturated carbocycles. The molecule has 2 heterocycles. The van der Waals surface area contributed by atoms with Crippen LogP contribution in [0.5, 0.6) is 11.5 Å². The molecule has 32 heavy (non-hydrogen) atoms. The molecule has 2 aromatic heterocycles. The van der Waals surface area contributed by atoms with Gasteiger partial charge in [0.1, 0.15) is 5.75 Å². The van der Waals surface area contributed by atoms with E-state index in [-0.39, 0.29) is 0 Å². The number of rotatable bonds is 7. The number of ether oxygens (including phenoxy) is 1. The fourth-order valence-electron chi connectivity index (χ4n) is 3.36. The van der Waals surface area contributed by atoms with Gasteiger partial charge in [-0.05, 0) is 79.6 Å². The summed E-state index contributed by atoms with van der Waals surface area (Å²) in [7, 11) is 0. The molecule has 6 nitrogen and oxygen atoms in total. The first-order chi connectivity index (χ1) is 15.6. The van der Waals surface area contributed by atoms with E-state index < -0.39 is 0 Å². The number of hydrogen-bond donors (Lipinski definition) is 2. The van der Waals surface area contributed by atoms with Crippen molar-refractivity contribution in [3.8, 4) is 11.5 Å². The fraction of sp³-hybridized carbons (Fsp3) is 0.160. The highest BCUT2D eigenvalue weighted by Gasteiger charge is 2.11. The van der Waals surface area contributed by atoms with Gasteiger partial charge in [0.05, 0.1) is 17.1 Å². The Kier molecular flexibility index (Phi) is 6.52. The van der Waals surface area contributed by atoms with Crippen LogP contribution in [-0.2, 0) is 6.42 Å². The van der Waals surface area contributed by atoms with Gasteiger partial charge in [-0.15, -0.1) is 0 Å². The van der Waals surface area contributed by atoms with Crippen LogP contribution < -0.4 is 10.1 Å². The van der Waals surface area contributed by atoms with Gasteiger partial charge in [-0.1, -0.05) is 30.1 Å². The van der Waals surface area contributed by atoms with E-state index in [1.54, 1.807) is 19.2 Å². The molecule has 162 valence electrons. The maximum atomic E-state index is 8.94. The molecule has 0 saturated heterocycles. The zero-order chi connectivity index (χ0) is 22.5. The van der Waals surface area contributed by atoms with Crippen molar-refractivity contribution in [2.45, 2.75) is 26.7 Å². The zero-order valence-corrected chi connectivity index (χ0v) is 18.6. The predicted octanol–water partition coefficient (Wildman–Crippen LogP) is 6.97. The van der Waals surface area contributed by atoms with E-state index in [9.17, 15) is 0 Å². The highest BCUT2D eigenvalue weighted by Crippen LogP contribution is 2.35. The molecular formula is C25H23ClN4O2. The van der Waals surface area contributed by atoms with Gasteiger partial charge >= 0.3 is 0 Å². The lowest BCUT2D eigenvalue weighted by atomic mass is 10.1. The smallest absolute Gasteiger partial charge is 0.161 e. The van der Waals surface area contributed by atoms with Crippen molar-refractivity contribution in [2.75, 3.05) is 5.32 Å². The third-order valence-corrected chi connectivity index (χ3v) is 5.26. The van der Waals surface area contributed by atoms with Crippen LogP contribution in [0.1, 0.15) is 31.5 Å². The number of nitrogens with zero attached hydrogens (tertiary/aromatic N) is 3. The molecule has 0 aliphatic carbocycles. The van der Waals surface area contributed by atoms with Gasteiger partial charge in [-0.25, -0.2) is 9.97 Å². The average Bonchev–Trinajstić information content (AvgIpc) is 2.81. The lowest BCUT2D eigenvalue weighted by Crippen LogP contribution is -1.98. The van der Waals surface area contributed by atoms with E-state index in [1.165, 1.54) is 0 Å². The molecule has 0 fully saturated rings. The third kappa shape index (κ3) is 4.81. The molecule has 0 spiro atoms. The first-order valence-electron chi connectivity index (χ1n) is 10.4. The van der Waals surface area contributed by atoms with Crippen molar-refractivity contribution < 1.29 is 9.94 Å². The van der Waals surface area contributed by atoms with E-state index in [1.807, 2.05) is 54.6 Å². The summed E-state index contributed by atoms with van der Waals surface area (Å²) in [5.41, 5.74) is 4.66. The number of benzene rings is 2. The van der Waals surface area contributed by atoms with Crippen molar-refractivity contribution in [3.63, 3.8) is 0 Å². The third-order valence-electron chi connectivity index (χ3n) is 5.03. The summed E-state index contributed by atoms with van der Waals surface area (Å²) >= 11 is 6.27. The Bertz CT molecular complexity index is 1270. The average molecular weight is 447 g/mol. The minimum absolute atomic E-state index is 0.533. The number of anilines is 2. The van der Waals surface area contributed by atoms with Crippen molar-refractivity contribution in [1.29, 1.82) is 0 Å². The molecule has 2 N–H and O–H groups in total. The Labute approximate surface area is 191 Å². The molecule has 2 aromatic carbocycles. The summed E-state index contributed by atoms with van der Waals surface area (Å²) in [6.45, 7) is 3.86. The van der Waals surface area contributed by atoms with Crippen LogP contribution in [0.2, 0.25) is 5.02 Å². The standard InChI is InChI=1S/C25H23ClN4O2/c1-3-4-19-8-11-21-22(13-14-27-25(21)28-19)29-23-15-18(26)7-12-24(23)32-20-9-5-17(6-10-20)16(2)30-31/h5-15,31H,3-4H2,1-2H3,(H,27,28,29)/b30-16+. The number of oxime groups is 1. The summed E-state index contributed by atoms with van der Waals surface area (Å²) in [4.78, 5) is 9.10. The monoisotopic (exact) mass is 446 g/mol. The van der Waals surface area contributed by atoms with E-state index in [0.717, 1.165) is 40.9 Å². The van der Waals surface area contributed by atoms with Gasteiger partial charge in [-0.2, -0.15) is 0 Å². The molecule has 0 radical (unpaired) electrons. The second kappa shape index (κ2) is 9.66. The van der Waals surface area contributed by atoms with Gasteiger partial charge in [-0.3, -0.25) is 0 Å². The van der Waals surface area contributed by atoms with Gasteiger partial charge in [0.15, 0.2) is 11.4 Å². The summed E-state index contributed by atoms with van der Waals surface area (Å²) in [5, 5.41) is 17.1. The number of halogens is 1. The maximum absolute atomic E-state index is 8.94. The number of aromatic nitrogens is 2.